The van der Waals surface area contributed by atoms with E-state index in [1.165, 1.54) is 0 Å². The maximum Gasteiger partial charge on any atom is 0.333 e. The van der Waals surface area contributed by atoms with Gasteiger partial charge in [-0.3, -0.25) is 0 Å². The van der Waals surface area contributed by atoms with Crippen molar-refractivity contribution in [2.24, 2.45) is 0 Å². The van der Waals surface area contributed by atoms with Crippen molar-refractivity contribution in [2.75, 3.05) is 126 Å². The highest BCUT2D eigenvalue weighted by Gasteiger charge is 2.01. The van der Waals surface area contributed by atoms with Gasteiger partial charge in [0.15, 0.2) is 0 Å². The molecule has 0 saturated heterocycles. The Morgan fingerprint density at radius 3 is 1.06 bits per heavy atom. The van der Waals surface area contributed by atoms with Gasteiger partial charge in [-0.2, -0.15) is 0 Å². The van der Waals surface area contributed by atoms with Gasteiger partial charge in [0, 0.05) is 12.1 Å². The summed E-state index contributed by atoms with van der Waals surface area (Å²) in [6, 6.07) is 0. The molecule has 0 bridgehead atoms. The maximum absolute atomic E-state index is 11.1. The Labute approximate surface area is 204 Å². The lowest BCUT2D eigenvalue weighted by molar-refractivity contribution is -0.140. The fourth-order valence-electron chi connectivity index (χ4n) is 2.13. The molecule has 0 saturated carbocycles. The van der Waals surface area contributed by atoms with Crippen LogP contribution in [0, 0.1) is 0 Å². The predicted molar refractivity (Wildman–Crippen MR) is 126 cm³/mol. The van der Waals surface area contributed by atoms with Gasteiger partial charge in [0.25, 0.3) is 0 Å². The van der Waals surface area contributed by atoms with E-state index in [0.29, 0.717) is 111 Å². The van der Waals surface area contributed by atoms with E-state index in [-0.39, 0.29) is 6.61 Å². The van der Waals surface area contributed by atoms with Crippen LogP contribution in [0.3, 0.4) is 0 Å². The monoisotopic (exact) mass is 495 g/mol. The first-order valence-corrected chi connectivity index (χ1v) is 11.8. The zero-order valence-electron chi connectivity index (χ0n) is 21.0. The van der Waals surface area contributed by atoms with Crippen molar-refractivity contribution < 1.29 is 47.4 Å². The Morgan fingerprint density at radius 1 is 0.529 bits per heavy atom. The van der Waals surface area contributed by atoms with Crippen LogP contribution in [0.1, 0.15) is 6.92 Å². The largest absolute Gasteiger partial charge is 0.460 e. The maximum atomic E-state index is 11.1. The minimum absolute atomic E-state index is 0.206. The topological polar surface area (TPSA) is 112 Å². The van der Waals surface area contributed by atoms with Crippen LogP contribution in [-0.4, -0.2) is 132 Å². The van der Waals surface area contributed by atoms with Crippen molar-refractivity contribution in [1.29, 1.82) is 0 Å². The van der Waals surface area contributed by atoms with Crippen molar-refractivity contribution in [3.8, 4) is 0 Å². The highest BCUT2D eigenvalue weighted by molar-refractivity contribution is 5.86. The van der Waals surface area contributed by atoms with Crippen LogP contribution in [0.2, 0.25) is 0 Å². The van der Waals surface area contributed by atoms with Gasteiger partial charge < -0.3 is 47.9 Å². The predicted octanol–water partition coefficient (Wildman–Crippen LogP) is 0.458. The number of hydrogen-bond donors (Lipinski definition) is 1. The summed E-state index contributed by atoms with van der Waals surface area (Å²) in [6.07, 6.45) is 0. The van der Waals surface area contributed by atoms with Crippen LogP contribution >= 0.6 is 0 Å². The Morgan fingerprint density at radius 2 is 0.794 bits per heavy atom. The molecule has 0 aromatic carbocycles. The lowest BCUT2D eigenvalue weighted by Crippen LogP contribution is -2.17. The van der Waals surface area contributed by atoms with Crippen LogP contribution in [0.15, 0.2) is 12.2 Å². The summed E-state index contributed by atoms with van der Waals surface area (Å²) in [5.74, 6) is -0.408. The Balaban J connectivity index is 3.05. The number of likely N-dealkylation sites (N-methyl/N-ethyl adjacent to an activating group) is 1. The summed E-state index contributed by atoms with van der Waals surface area (Å²) in [7, 11) is 1.89. The average Bonchev–Trinajstić information content (AvgIpc) is 2.83. The van der Waals surface area contributed by atoms with E-state index in [2.05, 4.69) is 11.9 Å². The van der Waals surface area contributed by atoms with E-state index in [4.69, 9.17) is 42.6 Å². The second-order valence-electron chi connectivity index (χ2n) is 6.92. The first-order valence-electron chi connectivity index (χ1n) is 11.8. The first-order chi connectivity index (χ1) is 16.7. The normalized spacial score (nSPS) is 11.1. The SMILES string of the molecule is C=C(C)C(=O)OCCOCCOCCOCCOCCOCCOCCOCCOCCNC. The number of nitrogens with one attached hydrogen (secondary N) is 1. The molecule has 0 radical (unpaired) electrons. The first kappa shape index (κ1) is 32.8. The van der Waals surface area contributed by atoms with E-state index in [1.807, 2.05) is 7.05 Å². The minimum atomic E-state index is -0.408. The number of esters is 1. The lowest BCUT2D eigenvalue weighted by Gasteiger charge is -2.09. The van der Waals surface area contributed by atoms with Crippen molar-refractivity contribution >= 4 is 5.97 Å². The van der Waals surface area contributed by atoms with Crippen molar-refractivity contribution in [3.05, 3.63) is 12.2 Å². The molecule has 0 aliphatic heterocycles. The van der Waals surface area contributed by atoms with E-state index in [0.717, 1.165) is 6.54 Å². The van der Waals surface area contributed by atoms with E-state index < -0.39 is 5.97 Å². The third-order valence-corrected chi connectivity index (χ3v) is 3.91. The highest BCUT2D eigenvalue weighted by atomic mass is 16.6. The molecule has 0 amide bonds. The lowest BCUT2D eigenvalue weighted by atomic mass is 10.4. The molecule has 0 aromatic rings. The fourth-order valence-corrected chi connectivity index (χ4v) is 2.13. The minimum Gasteiger partial charge on any atom is -0.460 e. The molecule has 0 spiro atoms. The van der Waals surface area contributed by atoms with Gasteiger partial charge in [-0.1, -0.05) is 6.58 Å². The fraction of sp³-hybridized carbons (Fsp3) is 0.870. The van der Waals surface area contributed by atoms with Gasteiger partial charge in [0.05, 0.1) is 106 Å². The molecule has 11 nitrogen and oxygen atoms in total. The van der Waals surface area contributed by atoms with Crippen LogP contribution in [0.5, 0.6) is 0 Å². The van der Waals surface area contributed by atoms with Crippen LogP contribution in [0.4, 0.5) is 0 Å². The molecule has 0 rings (SSSR count). The van der Waals surface area contributed by atoms with Gasteiger partial charge in [-0.25, -0.2) is 4.79 Å². The molecule has 0 heterocycles. The molecule has 0 unspecified atom stereocenters. The molecule has 0 atom stereocenters. The summed E-state index contributed by atoms with van der Waals surface area (Å²) in [6.45, 7) is 14.3. The van der Waals surface area contributed by atoms with E-state index in [9.17, 15) is 4.79 Å². The van der Waals surface area contributed by atoms with Gasteiger partial charge in [-0.15, -0.1) is 0 Å². The third kappa shape index (κ3) is 27.1. The van der Waals surface area contributed by atoms with E-state index >= 15 is 0 Å². The summed E-state index contributed by atoms with van der Waals surface area (Å²) >= 11 is 0. The number of ether oxygens (including phenoxy) is 9. The van der Waals surface area contributed by atoms with Gasteiger partial charge in [-0.05, 0) is 14.0 Å². The Hall–Kier alpha value is -1.15. The Kier molecular flexibility index (Phi) is 27.1. The molecule has 0 fully saturated rings. The molecule has 202 valence electrons. The molecule has 0 aromatic heterocycles. The van der Waals surface area contributed by atoms with Crippen molar-refractivity contribution in [1.82, 2.24) is 5.32 Å². The van der Waals surface area contributed by atoms with Crippen LogP contribution in [0.25, 0.3) is 0 Å². The summed E-state index contributed by atoms with van der Waals surface area (Å²) in [5, 5.41) is 3.01. The average molecular weight is 496 g/mol. The summed E-state index contributed by atoms with van der Waals surface area (Å²) in [4.78, 5) is 11.1. The quantitative estimate of drug-likeness (QED) is 0.0928. The number of carbonyl (C=O) groups is 1. The zero-order chi connectivity index (χ0) is 25.0. The smallest absolute Gasteiger partial charge is 0.333 e. The molecule has 0 aliphatic rings. The second-order valence-corrected chi connectivity index (χ2v) is 6.92. The van der Waals surface area contributed by atoms with Crippen LogP contribution < -0.4 is 5.32 Å². The molecular weight excluding hydrogens is 450 g/mol. The van der Waals surface area contributed by atoms with Gasteiger partial charge in [0.2, 0.25) is 0 Å². The summed E-state index contributed by atoms with van der Waals surface area (Å²) < 4.78 is 48.0. The van der Waals surface area contributed by atoms with Gasteiger partial charge >= 0.3 is 5.97 Å². The summed E-state index contributed by atoms with van der Waals surface area (Å²) in [5.41, 5.74) is 0.374. The molecule has 34 heavy (non-hydrogen) atoms. The van der Waals surface area contributed by atoms with E-state index in [1.54, 1.807) is 6.92 Å². The molecule has 0 aliphatic carbocycles. The van der Waals surface area contributed by atoms with Crippen molar-refractivity contribution in [3.63, 3.8) is 0 Å². The zero-order valence-corrected chi connectivity index (χ0v) is 21.0. The second kappa shape index (κ2) is 28.1. The Bertz CT molecular complexity index is 453. The third-order valence-electron chi connectivity index (χ3n) is 3.91. The molecular formula is C23H45NO10. The van der Waals surface area contributed by atoms with Crippen molar-refractivity contribution in [2.45, 2.75) is 6.92 Å². The highest BCUT2D eigenvalue weighted by Crippen LogP contribution is 1.91. The number of rotatable bonds is 28. The molecule has 1 N–H and O–H groups in total. The van der Waals surface area contributed by atoms with Crippen LogP contribution in [-0.2, 0) is 47.4 Å². The standard InChI is InChI=1S/C23H45NO10/c1-22(2)23(25)34-21-20-33-19-18-32-17-16-31-15-14-30-13-12-29-11-10-28-9-8-27-7-6-26-5-4-24-3/h24H,1,4-21H2,2-3H3. The number of hydrogen-bond acceptors (Lipinski definition) is 11. The number of carbonyl (C=O) groups excluding carboxylic acids is 1. The van der Waals surface area contributed by atoms with Gasteiger partial charge in [0.1, 0.15) is 6.61 Å². The molecule has 11 heteroatoms.